The van der Waals surface area contributed by atoms with E-state index in [0.717, 1.165) is 34.8 Å². The van der Waals surface area contributed by atoms with Gasteiger partial charge >= 0.3 is 0 Å². The molecule has 3 heterocycles. The monoisotopic (exact) mass is 328 g/mol. The number of benzene rings is 1. The first-order valence-corrected chi connectivity index (χ1v) is 8.42. The number of ether oxygens (including phenoxy) is 1. The summed E-state index contributed by atoms with van der Waals surface area (Å²) in [5, 5.41) is 8.67. The number of hydrogen-bond donors (Lipinski definition) is 1. The summed E-state index contributed by atoms with van der Waals surface area (Å²) in [5.74, 6) is 0. The second-order valence-corrected chi connectivity index (χ2v) is 6.62. The lowest BCUT2D eigenvalue weighted by Gasteiger charge is -2.23. The van der Waals surface area contributed by atoms with Crippen LogP contribution in [-0.2, 0) is 4.74 Å². The van der Waals surface area contributed by atoms with Crippen molar-refractivity contribution in [2.45, 2.75) is 35.4 Å². The van der Waals surface area contributed by atoms with Gasteiger partial charge in [-0.2, -0.15) is 5.10 Å². The Morgan fingerprint density at radius 2 is 2.30 bits per heavy atom. The maximum absolute atomic E-state index is 11.7. The Hall–Kier alpha value is -2.12. The molecule has 0 radical (unpaired) electrons. The quantitative estimate of drug-likeness (QED) is 0.800. The van der Waals surface area contributed by atoms with E-state index in [9.17, 15) is 4.79 Å². The molecule has 1 unspecified atom stereocenters. The number of hydrogen-bond acceptors (Lipinski definition) is 5. The number of H-pyrrole nitrogens is 1. The van der Waals surface area contributed by atoms with Gasteiger partial charge in [0, 0.05) is 23.1 Å². The second kappa shape index (κ2) is 6.17. The van der Waals surface area contributed by atoms with Gasteiger partial charge in [0.25, 0.3) is 5.56 Å². The minimum Gasteiger partial charge on any atom is -0.358 e. The number of aromatic nitrogens is 4. The normalized spacial score (nSPS) is 18.3. The van der Waals surface area contributed by atoms with Crippen LogP contribution in [0.2, 0.25) is 0 Å². The molecule has 0 amide bonds. The van der Waals surface area contributed by atoms with Crippen LogP contribution in [0, 0.1) is 0 Å². The highest BCUT2D eigenvalue weighted by molar-refractivity contribution is 7.99. The molecule has 2 aromatic heterocycles. The largest absolute Gasteiger partial charge is 0.358 e. The summed E-state index contributed by atoms with van der Waals surface area (Å²) in [7, 11) is 0. The number of aromatic amines is 1. The molecule has 1 atom stereocenters. The summed E-state index contributed by atoms with van der Waals surface area (Å²) in [5.41, 5.74) is -0.169. The summed E-state index contributed by atoms with van der Waals surface area (Å²) in [6, 6.07) is 5.70. The molecule has 4 rings (SSSR count). The highest BCUT2D eigenvalue weighted by Gasteiger charge is 2.16. The topological polar surface area (TPSA) is 72.8 Å². The van der Waals surface area contributed by atoms with E-state index in [4.69, 9.17) is 4.74 Å². The number of rotatable bonds is 3. The SMILES string of the molecule is O=c1[nH]ncc2cc(Sc3cn(C4CCCCO4)cn3)ccc12. The molecule has 1 fully saturated rings. The molecular formula is C16H16N4O2S. The number of nitrogens with zero attached hydrogens (tertiary/aromatic N) is 3. The molecule has 6 nitrogen and oxygen atoms in total. The van der Waals surface area contributed by atoms with E-state index in [2.05, 4.69) is 15.2 Å². The molecule has 0 saturated carbocycles. The van der Waals surface area contributed by atoms with Crippen LogP contribution >= 0.6 is 11.8 Å². The zero-order valence-corrected chi connectivity index (χ0v) is 13.3. The van der Waals surface area contributed by atoms with E-state index < -0.39 is 0 Å². The van der Waals surface area contributed by atoms with Gasteiger partial charge in [-0.05, 0) is 37.5 Å². The van der Waals surface area contributed by atoms with Crippen molar-refractivity contribution < 1.29 is 4.74 Å². The highest BCUT2D eigenvalue weighted by Crippen LogP contribution is 2.30. The molecule has 1 N–H and O–H groups in total. The van der Waals surface area contributed by atoms with Crippen molar-refractivity contribution in [1.29, 1.82) is 0 Å². The molecule has 1 aliphatic rings. The third kappa shape index (κ3) is 3.02. The summed E-state index contributed by atoms with van der Waals surface area (Å²) >= 11 is 1.57. The summed E-state index contributed by atoms with van der Waals surface area (Å²) < 4.78 is 7.80. The molecule has 7 heteroatoms. The summed E-state index contributed by atoms with van der Waals surface area (Å²) in [4.78, 5) is 17.1. The lowest BCUT2D eigenvalue weighted by atomic mass is 10.2. The van der Waals surface area contributed by atoms with Gasteiger partial charge in [-0.1, -0.05) is 11.8 Å². The van der Waals surface area contributed by atoms with Crippen molar-refractivity contribution in [3.05, 3.63) is 47.3 Å². The van der Waals surface area contributed by atoms with E-state index in [-0.39, 0.29) is 11.8 Å². The van der Waals surface area contributed by atoms with Gasteiger partial charge < -0.3 is 9.30 Å². The zero-order valence-electron chi connectivity index (χ0n) is 12.4. The van der Waals surface area contributed by atoms with E-state index in [1.54, 1.807) is 18.0 Å². The molecule has 1 aromatic carbocycles. The average Bonchev–Trinajstić information content (AvgIpc) is 3.04. The molecule has 1 saturated heterocycles. The van der Waals surface area contributed by atoms with Gasteiger partial charge in [0.05, 0.1) is 17.9 Å². The summed E-state index contributed by atoms with van der Waals surface area (Å²) in [6.45, 7) is 0.817. The van der Waals surface area contributed by atoms with Crippen LogP contribution in [0.15, 0.2) is 51.6 Å². The Kier molecular flexibility index (Phi) is 3.88. The fourth-order valence-electron chi connectivity index (χ4n) is 2.75. The Balaban J connectivity index is 1.56. The first kappa shape index (κ1) is 14.5. The lowest BCUT2D eigenvalue weighted by Crippen LogP contribution is -2.16. The average molecular weight is 328 g/mol. The Morgan fingerprint density at radius 1 is 1.35 bits per heavy atom. The maximum Gasteiger partial charge on any atom is 0.272 e. The van der Waals surface area contributed by atoms with E-state index in [0.29, 0.717) is 5.39 Å². The maximum atomic E-state index is 11.7. The molecular weight excluding hydrogens is 312 g/mol. The lowest BCUT2D eigenvalue weighted by molar-refractivity contribution is -0.0321. The highest BCUT2D eigenvalue weighted by atomic mass is 32.2. The number of nitrogens with one attached hydrogen (secondary N) is 1. The fraction of sp³-hybridized carbons (Fsp3) is 0.312. The van der Waals surface area contributed by atoms with Crippen molar-refractivity contribution in [1.82, 2.24) is 19.7 Å². The van der Waals surface area contributed by atoms with Crippen LogP contribution in [0.3, 0.4) is 0 Å². The number of imidazole rings is 1. The Morgan fingerprint density at radius 3 is 3.17 bits per heavy atom. The molecule has 0 spiro atoms. The predicted molar refractivity (Wildman–Crippen MR) is 87.6 cm³/mol. The Bertz CT molecular complexity index is 883. The van der Waals surface area contributed by atoms with Gasteiger partial charge in [-0.3, -0.25) is 4.79 Å². The third-order valence-corrected chi connectivity index (χ3v) is 4.84. The van der Waals surface area contributed by atoms with Crippen LogP contribution in [-0.4, -0.2) is 26.4 Å². The first-order valence-electron chi connectivity index (χ1n) is 7.60. The van der Waals surface area contributed by atoms with Crippen LogP contribution < -0.4 is 5.56 Å². The minimum absolute atomic E-state index is 0.102. The minimum atomic E-state index is -0.169. The van der Waals surface area contributed by atoms with Crippen LogP contribution in [0.25, 0.3) is 10.8 Å². The zero-order chi connectivity index (χ0) is 15.6. The summed E-state index contributed by atoms with van der Waals surface area (Å²) in [6.07, 6.45) is 8.96. The Labute approximate surface area is 136 Å². The van der Waals surface area contributed by atoms with Crippen molar-refractivity contribution in [2.75, 3.05) is 6.61 Å². The van der Waals surface area contributed by atoms with Crippen molar-refractivity contribution in [3.63, 3.8) is 0 Å². The van der Waals surface area contributed by atoms with E-state index >= 15 is 0 Å². The molecule has 3 aromatic rings. The van der Waals surface area contributed by atoms with Crippen LogP contribution in [0.1, 0.15) is 25.5 Å². The van der Waals surface area contributed by atoms with Crippen LogP contribution in [0.5, 0.6) is 0 Å². The van der Waals surface area contributed by atoms with E-state index in [1.165, 1.54) is 6.42 Å². The van der Waals surface area contributed by atoms with Crippen molar-refractivity contribution in [2.24, 2.45) is 0 Å². The van der Waals surface area contributed by atoms with Gasteiger partial charge in [0.15, 0.2) is 0 Å². The van der Waals surface area contributed by atoms with Gasteiger partial charge in [0.2, 0.25) is 0 Å². The van der Waals surface area contributed by atoms with Gasteiger partial charge in [0.1, 0.15) is 11.3 Å². The third-order valence-electron chi connectivity index (χ3n) is 3.93. The van der Waals surface area contributed by atoms with Crippen molar-refractivity contribution >= 4 is 22.5 Å². The number of fused-ring (bicyclic) bond motifs is 1. The first-order chi connectivity index (χ1) is 11.3. The van der Waals surface area contributed by atoms with Crippen LogP contribution in [0.4, 0.5) is 0 Å². The molecule has 1 aliphatic heterocycles. The molecule has 0 bridgehead atoms. The fourth-order valence-corrected chi connectivity index (χ4v) is 3.58. The van der Waals surface area contributed by atoms with Gasteiger partial charge in [-0.25, -0.2) is 10.1 Å². The van der Waals surface area contributed by atoms with E-state index in [1.807, 2.05) is 35.3 Å². The smallest absolute Gasteiger partial charge is 0.272 e. The molecule has 23 heavy (non-hydrogen) atoms. The van der Waals surface area contributed by atoms with Crippen molar-refractivity contribution in [3.8, 4) is 0 Å². The predicted octanol–water partition coefficient (Wildman–Crippen LogP) is 2.97. The second-order valence-electron chi connectivity index (χ2n) is 5.53. The van der Waals surface area contributed by atoms with Gasteiger partial charge in [-0.15, -0.1) is 0 Å². The molecule has 0 aliphatic carbocycles. The molecule has 118 valence electrons. The standard InChI is InChI=1S/C16H16N4O2S/c21-16-13-5-4-12(7-11(13)8-18-19-16)23-14-9-20(10-17-14)15-3-1-2-6-22-15/h4-5,7-10,15H,1-3,6H2,(H,19,21).